The minimum atomic E-state index is -0.457. The predicted octanol–water partition coefficient (Wildman–Crippen LogP) is 2.48. The first kappa shape index (κ1) is 10.2. The molecule has 1 unspecified atom stereocenters. The van der Waals surface area contributed by atoms with Crippen molar-refractivity contribution in [2.24, 2.45) is 0 Å². The summed E-state index contributed by atoms with van der Waals surface area (Å²) in [6.07, 6.45) is 2.90. The van der Waals surface area contributed by atoms with Gasteiger partial charge in [0.25, 0.3) is 0 Å². The van der Waals surface area contributed by atoms with Crippen molar-refractivity contribution in [3.8, 4) is 0 Å². The second-order valence-corrected chi connectivity index (χ2v) is 3.33. The largest absolute Gasteiger partial charge is 0.387 e. The topological polar surface area (TPSA) is 33.1 Å². The van der Waals surface area contributed by atoms with Crippen LogP contribution in [0.3, 0.4) is 0 Å². The highest BCUT2D eigenvalue weighted by molar-refractivity contribution is 5.12. The lowest BCUT2D eigenvalue weighted by atomic mass is 10.1. The fourth-order valence-corrected chi connectivity index (χ4v) is 1.23. The summed E-state index contributed by atoms with van der Waals surface area (Å²) in [6.45, 7) is 3.91. The Labute approximate surface area is 79.6 Å². The SMILES string of the molecule is CCCCc1cccc(C(C)O)n1. The van der Waals surface area contributed by atoms with Gasteiger partial charge >= 0.3 is 0 Å². The van der Waals surface area contributed by atoms with Gasteiger partial charge in [0, 0.05) is 5.69 Å². The molecular formula is C11H17NO. The Balaban J connectivity index is 2.68. The molecule has 0 aliphatic heterocycles. The summed E-state index contributed by atoms with van der Waals surface area (Å²) in [6, 6.07) is 5.84. The van der Waals surface area contributed by atoms with Gasteiger partial charge in [0.15, 0.2) is 0 Å². The van der Waals surface area contributed by atoms with E-state index in [0.29, 0.717) is 0 Å². The van der Waals surface area contributed by atoms with E-state index in [4.69, 9.17) is 0 Å². The molecular weight excluding hydrogens is 162 g/mol. The first-order chi connectivity index (χ1) is 6.24. The number of unbranched alkanes of at least 4 members (excludes halogenated alkanes) is 1. The number of aromatic nitrogens is 1. The van der Waals surface area contributed by atoms with Crippen LogP contribution in [0.2, 0.25) is 0 Å². The van der Waals surface area contributed by atoms with Crippen molar-refractivity contribution < 1.29 is 5.11 Å². The van der Waals surface area contributed by atoms with Crippen LogP contribution in [0.4, 0.5) is 0 Å². The normalized spacial score (nSPS) is 12.8. The van der Waals surface area contributed by atoms with Crippen molar-refractivity contribution in [1.82, 2.24) is 4.98 Å². The Hall–Kier alpha value is -0.890. The van der Waals surface area contributed by atoms with Crippen molar-refractivity contribution in [3.63, 3.8) is 0 Å². The van der Waals surface area contributed by atoms with Gasteiger partial charge in [-0.1, -0.05) is 19.4 Å². The van der Waals surface area contributed by atoms with Gasteiger partial charge in [-0.3, -0.25) is 4.98 Å². The van der Waals surface area contributed by atoms with Crippen LogP contribution in [0.1, 0.15) is 44.2 Å². The highest BCUT2D eigenvalue weighted by atomic mass is 16.3. The molecule has 1 atom stereocenters. The van der Waals surface area contributed by atoms with Gasteiger partial charge in [0.2, 0.25) is 0 Å². The average molecular weight is 179 g/mol. The Morgan fingerprint density at radius 2 is 2.23 bits per heavy atom. The van der Waals surface area contributed by atoms with Crippen LogP contribution in [0, 0.1) is 0 Å². The maximum Gasteiger partial charge on any atom is 0.0931 e. The third-order valence-electron chi connectivity index (χ3n) is 2.04. The lowest BCUT2D eigenvalue weighted by Gasteiger charge is -2.05. The third kappa shape index (κ3) is 3.15. The number of rotatable bonds is 4. The van der Waals surface area contributed by atoms with Crippen LogP contribution in [0.15, 0.2) is 18.2 Å². The van der Waals surface area contributed by atoms with Crippen molar-refractivity contribution in [2.75, 3.05) is 0 Å². The maximum absolute atomic E-state index is 9.31. The number of aryl methyl sites for hydroxylation is 1. The van der Waals surface area contributed by atoms with E-state index in [-0.39, 0.29) is 0 Å². The maximum atomic E-state index is 9.31. The van der Waals surface area contributed by atoms with Gasteiger partial charge in [-0.15, -0.1) is 0 Å². The second kappa shape index (κ2) is 4.97. The molecule has 13 heavy (non-hydrogen) atoms. The number of aliphatic hydroxyl groups excluding tert-OH is 1. The Bertz CT molecular complexity index is 258. The molecule has 1 rings (SSSR count). The minimum absolute atomic E-state index is 0.457. The van der Waals surface area contributed by atoms with Gasteiger partial charge in [-0.05, 0) is 31.9 Å². The third-order valence-corrected chi connectivity index (χ3v) is 2.04. The molecule has 0 spiro atoms. The molecule has 0 radical (unpaired) electrons. The van der Waals surface area contributed by atoms with Crippen LogP contribution in [-0.2, 0) is 6.42 Å². The van der Waals surface area contributed by atoms with E-state index < -0.39 is 6.10 Å². The van der Waals surface area contributed by atoms with Crippen molar-refractivity contribution in [2.45, 2.75) is 39.2 Å². The zero-order valence-electron chi connectivity index (χ0n) is 8.33. The number of nitrogens with zero attached hydrogens (tertiary/aromatic N) is 1. The molecule has 0 saturated carbocycles. The van der Waals surface area contributed by atoms with Crippen LogP contribution in [0.25, 0.3) is 0 Å². The Morgan fingerprint density at radius 1 is 1.46 bits per heavy atom. The lowest BCUT2D eigenvalue weighted by molar-refractivity contribution is 0.194. The summed E-state index contributed by atoms with van der Waals surface area (Å²) in [5.41, 5.74) is 1.86. The molecule has 1 aromatic rings. The molecule has 0 aliphatic carbocycles. The number of pyridine rings is 1. The molecule has 0 bridgehead atoms. The molecule has 0 amide bonds. The van der Waals surface area contributed by atoms with E-state index in [2.05, 4.69) is 11.9 Å². The standard InChI is InChI=1S/C11H17NO/c1-3-4-6-10-7-5-8-11(12-10)9(2)13/h5,7-9,13H,3-4,6H2,1-2H3. The molecule has 0 saturated heterocycles. The predicted molar refractivity (Wildman–Crippen MR) is 53.5 cm³/mol. The number of hydrogen-bond acceptors (Lipinski definition) is 2. The second-order valence-electron chi connectivity index (χ2n) is 3.33. The summed E-state index contributed by atoms with van der Waals surface area (Å²) in [7, 11) is 0. The van der Waals surface area contributed by atoms with Crippen LogP contribution >= 0.6 is 0 Å². The fourth-order valence-electron chi connectivity index (χ4n) is 1.23. The summed E-state index contributed by atoms with van der Waals surface area (Å²) in [4.78, 5) is 4.36. The summed E-state index contributed by atoms with van der Waals surface area (Å²) >= 11 is 0. The summed E-state index contributed by atoms with van der Waals surface area (Å²) < 4.78 is 0. The molecule has 0 aliphatic rings. The van der Waals surface area contributed by atoms with Crippen LogP contribution < -0.4 is 0 Å². The number of hydrogen-bond donors (Lipinski definition) is 1. The first-order valence-corrected chi connectivity index (χ1v) is 4.88. The highest BCUT2D eigenvalue weighted by Crippen LogP contribution is 2.10. The van der Waals surface area contributed by atoms with Gasteiger partial charge < -0.3 is 5.11 Å². The highest BCUT2D eigenvalue weighted by Gasteiger charge is 2.02. The van der Waals surface area contributed by atoms with Crippen molar-refractivity contribution in [3.05, 3.63) is 29.6 Å². The molecule has 0 aromatic carbocycles. The average Bonchev–Trinajstić information content (AvgIpc) is 2.15. The van der Waals surface area contributed by atoms with Crippen molar-refractivity contribution >= 4 is 0 Å². The zero-order valence-corrected chi connectivity index (χ0v) is 8.33. The summed E-state index contributed by atoms with van der Waals surface area (Å²) in [5, 5.41) is 9.31. The molecule has 2 heteroatoms. The van der Waals surface area contributed by atoms with Gasteiger partial charge in [-0.25, -0.2) is 0 Å². The smallest absolute Gasteiger partial charge is 0.0931 e. The van der Waals surface area contributed by atoms with E-state index in [1.54, 1.807) is 6.92 Å². The molecule has 1 heterocycles. The molecule has 1 N–H and O–H groups in total. The van der Waals surface area contributed by atoms with E-state index in [0.717, 1.165) is 24.2 Å². The van der Waals surface area contributed by atoms with E-state index in [9.17, 15) is 5.11 Å². The molecule has 2 nitrogen and oxygen atoms in total. The molecule has 1 aromatic heterocycles. The Morgan fingerprint density at radius 3 is 2.85 bits per heavy atom. The van der Waals surface area contributed by atoms with Gasteiger partial charge in [0.05, 0.1) is 11.8 Å². The van der Waals surface area contributed by atoms with Crippen LogP contribution in [-0.4, -0.2) is 10.1 Å². The molecule has 0 fully saturated rings. The minimum Gasteiger partial charge on any atom is -0.387 e. The summed E-state index contributed by atoms with van der Waals surface area (Å²) in [5.74, 6) is 0. The van der Waals surface area contributed by atoms with Crippen LogP contribution in [0.5, 0.6) is 0 Å². The first-order valence-electron chi connectivity index (χ1n) is 4.88. The van der Waals surface area contributed by atoms with Crippen molar-refractivity contribution in [1.29, 1.82) is 0 Å². The fraction of sp³-hybridized carbons (Fsp3) is 0.545. The quantitative estimate of drug-likeness (QED) is 0.770. The van der Waals surface area contributed by atoms with E-state index >= 15 is 0 Å². The van der Waals surface area contributed by atoms with Gasteiger partial charge in [-0.2, -0.15) is 0 Å². The monoisotopic (exact) mass is 179 g/mol. The zero-order chi connectivity index (χ0) is 9.68. The Kier molecular flexibility index (Phi) is 3.90. The van der Waals surface area contributed by atoms with E-state index in [1.807, 2.05) is 18.2 Å². The number of aliphatic hydroxyl groups is 1. The van der Waals surface area contributed by atoms with E-state index in [1.165, 1.54) is 6.42 Å². The lowest BCUT2D eigenvalue weighted by Crippen LogP contribution is -1.98. The van der Waals surface area contributed by atoms with Gasteiger partial charge in [0.1, 0.15) is 0 Å². The molecule has 72 valence electrons.